The summed E-state index contributed by atoms with van der Waals surface area (Å²) < 4.78 is 0. The van der Waals surface area contributed by atoms with Crippen LogP contribution in [-0.2, 0) is 0 Å². The number of rotatable bonds is 5. The molecule has 2 aromatic heterocycles. The van der Waals surface area contributed by atoms with Crippen LogP contribution in [0.25, 0.3) is 10.8 Å². The van der Waals surface area contributed by atoms with E-state index in [1.54, 1.807) is 11.3 Å². The van der Waals surface area contributed by atoms with Crippen molar-refractivity contribution in [2.24, 2.45) is 0 Å². The van der Waals surface area contributed by atoms with Gasteiger partial charge in [-0.2, -0.15) is 0 Å². The van der Waals surface area contributed by atoms with E-state index in [-0.39, 0.29) is 6.04 Å². The van der Waals surface area contributed by atoms with Crippen LogP contribution in [0.3, 0.4) is 0 Å². The van der Waals surface area contributed by atoms with Crippen LogP contribution >= 0.6 is 11.3 Å². The van der Waals surface area contributed by atoms with Crippen molar-refractivity contribution in [1.29, 1.82) is 0 Å². The van der Waals surface area contributed by atoms with E-state index in [0.29, 0.717) is 0 Å². The van der Waals surface area contributed by atoms with Gasteiger partial charge in [0.25, 0.3) is 0 Å². The van der Waals surface area contributed by atoms with Crippen molar-refractivity contribution in [2.45, 2.75) is 26.3 Å². The molecule has 1 N–H and O–H groups in total. The van der Waals surface area contributed by atoms with Crippen LogP contribution in [0.1, 0.15) is 35.5 Å². The molecule has 0 spiro atoms. The number of aryl methyl sites for hydroxylation is 1. The molecule has 0 amide bonds. The Balaban J connectivity index is 2.12. The fourth-order valence-corrected chi connectivity index (χ4v) is 3.48. The number of pyridine rings is 1. The van der Waals surface area contributed by atoms with E-state index in [0.717, 1.165) is 18.7 Å². The molecule has 0 fully saturated rings. The average Bonchev–Trinajstić information content (AvgIpc) is 2.94. The SMILES string of the molecule is CCCNC(c1scnc1C)c1cncc2ccccc12. The summed E-state index contributed by atoms with van der Waals surface area (Å²) in [4.78, 5) is 10.1. The minimum Gasteiger partial charge on any atom is -0.305 e. The minimum atomic E-state index is 0.163. The van der Waals surface area contributed by atoms with E-state index in [1.165, 1.54) is 21.2 Å². The quantitative estimate of drug-likeness (QED) is 0.771. The lowest BCUT2D eigenvalue weighted by Gasteiger charge is -2.19. The number of hydrogen-bond donors (Lipinski definition) is 1. The first kappa shape index (κ1) is 14.2. The molecule has 0 saturated carbocycles. The number of nitrogens with zero attached hydrogens (tertiary/aromatic N) is 2. The van der Waals surface area contributed by atoms with Crippen molar-refractivity contribution in [3.8, 4) is 0 Å². The molecule has 0 bridgehead atoms. The summed E-state index contributed by atoms with van der Waals surface area (Å²) in [6, 6.07) is 8.59. The van der Waals surface area contributed by atoms with E-state index >= 15 is 0 Å². The third-order valence-corrected chi connectivity index (χ3v) is 4.65. The number of hydrogen-bond acceptors (Lipinski definition) is 4. The predicted octanol–water partition coefficient (Wildman–Crippen LogP) is 4.09. The second-order valence-electron chi connectivity index (χ2n) is 5.14. The third-order valence-electron chi connectivity index (χ3n) is 3.65. The van der Waals surface area contributed by atoms with Gasteiger partial charge in [-0.05, 0) is 25.3 Å². The molecule has 108 valence electrons. The normalized spacial score (nSPS) is 12.7. The summed E-state index contributed by atoms with van der Waals surface area (Å²) in [5.41, 5.74) is 4.25. The molecular formula is C17H19N3S. The van der Waals surface area contributed by atoms with Crippen molar-refractivity contribution in [3.05, 3.63) is 58.3 Å². The van der Waals surface area contributed by atoms with Gasteiger partial charge in [0.05, 0.1) is 17.2 Å². The largest absolute Gasteiger partial charge is 0.305 e. The highest BCUT2D eigenvalue weighted by Crippen LogP contribution is 2.31. The highest BCUT2D eigenvalue weighted by atomic mass is 32.1. The molecule has 0 aliphatic carbocycles. The lowest BCUT2D eigenvalue weighted by atomic mass is 9.99. The molecule has 21 heavy (non-hydrogen) atoms. The Morgan fingerprint density at radius 3 is 2.86 bits per heavy atom. The molecule has 3 rings (SSSR count). The van der Waals surface area contributed by atoms with Gasteiger partial charge in [-0.3, -0.25) is 4.98 Å². The monoisotopic (exact) mass is 297 g/mol. The van der Waals surface area contributed by atoms with Crippen LogP contribution in [0.2, 0.25) is 0 Å². The Labute approximate surface area is 129 Å². The van der Waals surface area contributed by atoms with Gasteiger partial charge >= 0.3 is 0 Å². The smallest absolute Gasteiger partial charge is 0.0798 e. The topological polar surface area (TPSA) is 37.8 Å². The Hall–Kier alpha value is -1.78. The maximum atomic E-state index is 4.43. The van der Waals surface area contributed by atoms with Gasteiger partial charge in [-0.1, -0.05) is 31.2 Å². The number of nitrogens with one attached hydrogen (secondary N) is 1. The second kappa shape index (κ2) is 6.33. The number of benzene rings is 1. The molecule has 1 atom stereocenters. The highest BCUT2D eigenvalue weighted by molar-refractivity contribution is 7.09. The molecule has 0 aliphatic rings. The zero-order valence-corrected chi connectivity index (χ0v) is 13.2. The van der Waals surface area contributed by atoms with E-state index in [1.807, 2.05) is 17.9 Å². The molecule has 3 aromatic rings. The van der Waals surface area contributed by atoms with E-state index < -0.39 is 0 Å². The minimum absolute atomic E-state index is 0.163. The summed E-state index contributed by atoms with van der Waals surface area (Å²) in [7, 11) is 0. The van der Waals surface area contributed by atoms with Gasteiger partial charge in [0, 0.05) is 28.2 Å². The lowest BCUT2D eigenvalue weighted by molar-refractivity contribution is 0.604. The second-order valence-corrected chi connectivity index (χ2v) is 6.03. The van der Waals surface area contributed by atoms with Gasteiger partial charge in [-0.15, -0.1) is 11.3 Å². The molecule has 0 radical (unpaired) electrons. The number of fused-ring (bicyclic) bond motifs is 1. The van der Waals surface area contributed by atoms with Gasteiger partial charge < -0.3 is 5.32 Å². The van der Waals surface area contributed by atoms with Crippen LogP contribution in [0.4, 0.5) is 0 Å². The maximum Gasteiger partial charge on any atom is 0.0798 e. The van der Waals surface area contributed by atoms with Gasteiger partial charge in [0.1, 0.15) is 0 Å². The van der Waals surface area contributed by atoms with Crippen LogP contribution in [0.15, 0.2) is 42.2 Å². The lowest BCUT2D eigenvalue weighted by Crippen LogP contribution is -2.23. The van der Waals surface area contributed by atoms with E-state index in [2.05, 4.69) is 53.4 Å². The van der Waals surface area contributed by atoms with E-state index in [9.17, 15) is 0 Å². The van der Waals surface area contributed by atoms with Gasteiger partial charge in [-0.25, -0.2) is 4.98 Å². The van der Waals surface area contributed by atoms with E-state index in [4.69, 9.17) is 0 Å². The molecule has 1 unspecified atom stereocenters. The molecular weight excluding hydrogens is 278 g/mol. The Bertz CT molecular complexity index is 730. The Morgan fingerprint density at radius 2 is 2.10 bits per heavy atom. The van der Waals surface area contributed by atoms with Crippen molar-refractivity contribution in [2.75, 3.05) is 6.54 Å². The predicted molar refractivity (Wildman–Crippen MR) is 88.7 cm³/mol. The zero-order valence-electron chi connectivity index (χ0n) is 12.3. The summed E-state index contributed by atoms with van der Waals surface area (Å²) in [6.07, 6.45) is 5.01. The van der Waals surface area contributed by atoms with Crippen molar-refractivity contribution in [1.82, 2.24) is 15.3 Å². The average molecular weight is 297 g/mol. The molecule has 2 heterocycles. The van der Waals surface area contributed by atoms with Crippen molar-refractivity contribution < 1.29 is 0 Å². The van der Waals surface area contributed by atoms with Crippen LogP contribution < -0.4 is 5.32 Å². The maximum absolute atomic E-state index is 4.43. The van der Waals surface area contributed by atoms with Crippen LogP contribution in [0, 0.1) is 6.92 Å². The first-order valence-corrected chi connectivity index (χ1v) is 8.15. The van der Waals surface area contributed by atoms with Gasteiger partial charge in [0.15, 0.2) is 0 Å². The summed E-state index contributed by atoms with van der Waals surface area (Å²) in [5, 5.41) is 6.09. The number of aromatic nitrogens is 2. The summed E-state index contributed by atoms with van der Waals surface area (Å²) in [6.45, 7) is 5.24. The summed E-state index contributed by atoms with van der Waals surface area (Å²) in [5.74, 6) is 0. The van der Waals surface area contributed by atoms with Crippen molar-refractivity contribution >= 4 is 22.1 Å². The fraction of sp³-hybridized carbons (Fsp3) is 0.294. The van der Waals surface area contributed by atoms with Crippen LogP contribution in [0.5, 0.6) is 0 Å². The van der Waals surface area contributed by atoms with Crippen LogP contribution in [-0.4, -0.2) is 16.5 Å². The summed E-state index contributed by atoms with van der Waals surface area (Å²) >= 11 is 1.71. The van der Waals surface area contributed by atoms with Crippen molar-refractivity contribution in [3.63, 3.8) is 0 Å². The Kier molecular flexibility index (Phi) is 4.27. The highest BCUT2D eigenvalue weighted by Gasteiger charge is 2.20. The molecule has 0 saturated heterocycles. The molecule has 4 heteroatoms. The molecule has 3 nitrogen and oxygen atoms in total. The number of thiazole rings is 1. The third kappa shape index (κ3) is 2.82. The first-order valence-electron chi connectivity index (χ1n) is 7.27. The molecule has 1 aromatic carbocycles. The molecule has 0 aliphatic heterocycles. The van der Waals surface area contributed by atoms with Gasteiger partial charge in [0.2, 0.25) is 0 Å². The standard InChI is InChI=1S/C17H19N3S/c1-3-8-19-16(17-12(2)20-11-21-17)15-10-18-9-13-6-4-5-7-14(13)15/h4-7,9-11,16,19H,3,8H2,1-2H3. The zero-order chi connectivity index (χ0) is 14.7. The fourth-order valence-electron chi connectivity index (χ4n) is 2.59. The first-order chi connectivity index (χ1) is 10.3. The Morgan fingerprint density at radius 1 is 1.24 bits per heavy atom.